The average molecular weight is 369 g/mol. The number of carbonyl (C=O) groups is 1. The highest BCUT2D eigenvalue weighted by Gasteiger charge is 2.15. The average Bonchev–Trinajstić information content (AvgIpc) is 2.73. The van der Waals surface area contributed by atoms with E-state index < -0.39 is 0 Å². The number of para-hydroxylation sites is 2. The van der Waals surface area contributed by atoms with Gasteiger partial charge >= 0.3 is 0 Å². The molecule has 0 unspecified atom stereocenters. The van der Waals surface area contributed by atoms with Crippen molar-refractivity contribution in [1.82, 2.24) is 0 Å². The third-order valence-electron chi connectivity index (χ3n) is 4.72. The van der Waals surface area contributed by atoms with Crippen LogP contribution in [0.4, 0.5) is 17.1 Å². The lowest BCUT2D eigenvalue weighted by molar-refractivity contribution is -0.114. The van der Waals surface area contributed by atoms with E-state index in [-0.39, 0.29) is 12.5 Å². The van der Waals surface area contributed by atoms with E-state index in [2.05, 4.69) is 21.6 Å². The number of methoxy groups -OCH3 is 2. The lowest BCUT2D eigenvalue weighted by Gasteiger charge is -2.30. The summed E-state index contributed by atoms with van der Waals surface area (Å²) in [6.07, 6.45) is 3.72. The van der Waals surface area contributed by atoms with E-state index in [4.69, 9.17) is 9.47 Å². The summed E-state index contributed by atoms with van der Waals surface area (Å²) in [6, 6.07) is 13.5. The zero-order valence-electron chi connectivity index (χ0n) is 16.0. The van der Waals surface area contributed by atoms with Crippen molar-refractivity contribution in [3.05, 3.63) is 42.5 Å². The van der Waals surface area contributed by atoms with Crippen LogP contribution in [0.2, 0.25) is 0 Å². The Morgan fingerprint density at radius 1 is 1.00 bits per heavy atom. The minimum Gasteiger partial charge on any atom is -0.497 e. The Labute approximate surface area is 160 Å². The Morgan fingerprint density at radius 3 is 2.52 bits per heavy atom. The molecular formula is C21H27N3O3. The zero-order chi connectivity index (χ0) is 19.1. The molecule has 0 bridgehead atoms. The molecule has 144 valence electrons. The summed E-state index contributed by atoms with van der Waals surface area (Å²) in [7, 11) is 3.16. The summed E-state index contributed by atoms with van der Waals surface area (Å²) in [6.45, 7) is 2.31. The fourth-order valence-corrected chi connectivity index (χ4v) is 3.31. The second-order valence-electron chi connectivity index (χ2n) is 6.53. The second-order valence-corrected chi connectivity index (χ2v) is 6.53. The van der Waals surface area contributed by atoms with Gasteiger partial charge in [0.25, 0.3) is 0 Å². The van der Waals surface area contributed by atoms with Crippen LogP contribution in [0.3, 0.4) is 0 Å². The molecule has 3 rings (SSSR count). The molecule has 1 saturated heterocycles. The molecular weight excluding hydrogens is 342 g/mol. The van der Waals surface area contributed by atoms with Gasteiger partial charge in [0.15, 0.2) is 0 Å². The Kier molecular flexibility index (Phi) is 6.41. The van der Waals surface area contributed by atoms with E-state index in [1.54, 1.807) is 32.4 Å². The zero-order valence-corrected chi connectivity index (χ0v) is 16.0. The molecule has 1 fully saturated rings. The van der Waals surface area contributed by atoms with Gasteiger partial charge in [-0.2, -0.15) is 0 Å². The molecule has 0 aliphatic carbocycles. The largest absolute Gasteiger partial charge is 0.497 e. The van der Waals surface area contributed by atoms with E-state index in [1.807, 2.05) is 18.2 Å². The van der Waals surface area contributed by atoms with Crippen LogP contribution >= 0.6 is 0 Å². The van der Waals surface area contributed by atoms with Gasteiger partial charge in [0.05, 0.1) is 37.8 Å². The molecule has 1 aliphatic rings. The first kappa shape index (κ1) is 18.9. The molecule has 1 amide bonds. The van der Waals surface area contributed by atoms with Gasteiger partial charge < -0.3 is 25.0 Å². The number of ether oxygens (including phenoxy) is 2. The van der Waals surface area contributed by atoms with Crippen LogP contribution in [0.1, 0.15) is 19.3 Å². The fraction of sp³-hybridized carbons (Fsp3) is 0.381. The van der Waals surface area contributed by atoms with Gasteiger partial charge in [0, 0.05) is 19.2 Å². The molecule has 0 spiro atoms. The molecule has 6 heteroatoms. The normalized spacial score (nSPS) is 13.8. The molecule has 1 heterocycles. The van der Waals surface area contributed by atoms with Gasteiger partial charge in [-0.15, -0.1) is 0 Å². The smallest absolute Gasteiger partial charge is 0.243 e. The molecule has 6 nitrogen and oxygen atoms in total. The van der Waals surface area contributed by atoms with Gasteiger partial charge in [0.1, 0.15) is 11.5 Å². The third-order valence-corrected chi connectivity index (χ3v) is 4.72. The van der Waals surface area contributed by atoms with Gasteiger partial charge in [-0.1, -0.05) is 12.1 Å². The Morgan fingerprint density at radius 2 is 1.78 bits per heavy atom. The van der Waals surface area contributed by atoms with E-state index >= 15 is 0 Å². The van der Waals surface area contributed by atoms with Crippen LogP contribution in [-0.4, -0.2) is 39.8 Å². The molecule has 0 aromatic heterocycles. The lowest BCUT2D eigenvalue weighted by Crippen LogP contribution is -2.30. The molecule has 0 radical (unpaired) electrons. The van der Waals surface area contributed by atoms with Gasteiger partial charge in [0.2, 0.25) is 5.91 Å². The van der Waals surface area contributed by atoms with E-state index in [0.717, 1.165) is 24.5 Å². The standard InChI is InChI=1S/C21H27N3O3/c1-26-16-10-11-18(20(14-16)27-2)23-21(25)15-22-17-8-4-5-9-19(17)24-12-6-3-7-13-24/h4-5,8-11,14,22H,3,6-7,12-13,15H2,1-2H3,(H,23,25). The Hall–Kier alpha value is -2.89. The number of benzene rings is 2. The van der Waals surface area contributed by atoms with Crippen molar-refractivity contribution < 1.29 is 14.3 Å². The predicted octanol–water partition coefficient (Wildman–Crippen LogP) is 3.74. The van der Waals surface area contributed by atoms with Crippen molar-refractivity contribution in [1.29, 1.82) is 0 Å². The summed E-state index contributed by atoms with van der Waals surface area (Å²) in [5.74, 6) is 1.11. The fourth-order valence-electron chi connectivity index (χ4n) is 3.31. The Bertz CT molecular complexity index is 773. The topological polar surface area (TPSA) is 62.8 Å². The van der Waals surface area contributed by atoms with Crippen molar-refractivity contribution >= 4 is 23.0 Å². The monoisotopic (exact) mass is 369 g/mol. The Balaban J connectivity index is 1.63. The number of piperidine rings is 1. The molecule has 2 aromatic rings. The first-order valence-corrected chi connectivity index (χ1v) is 9.31. The number of rotatable bonds is 7. The summed E-state index contributed by atoms with van der Waals surface area (Å²) in [5.41, 5.74) is 2.76. The minimum atomic E-state index is -0.132. The van der Waals surface area contributed by atoms with Crippen molar-refractivity contribution in [2.45, 2.75) is 19.3 Å². The summed E-state index contributed by atoms with van der Waals surface area (Å²) in [5, 5.41) is 6.16. The predicted molar refractivity (Wildman–Crippen MR) is 109 cm³/mol. The van der Waals surface area contributed by atoms with Gasteiger partial charge in [-0.25, -0.2) is 0 Å². The van der Waals surface area contributed by atoms with Gasteiger partial charge in [-0.05, 0) is 43.5 Å². The second kappa shape index (κ2) is 9.16. The summed E-state index contributed by atoms with van der Waals surface area (Å²) in [4.78, 5) is 14.8. The van der Waals surface area contributed by atoms with Crippen LogP contribution in [0.15, 0.2) is 42.5 Å². The molecule has 27 heavy (non-hydrogen) atoms. The number of amides is 1. The molecule has 0 atom stereocenters. The number of nitrogens with one attached hydrogen (secondary N) is 2. The molecule has 2 N–H and O–H groups in total. The maximum absolute atomic E-state index is 12.4. The highest BCUT2D eigenvalue weighted by atomic mass is 16.5. The van der Waals surface area contributed by atoms with Crippen LogP contribution in [0.25, 0.3) is 0 Å². The van der Waals surface area contributed by atoms with E-state index in [1.165, 1.54) is 19.3 Å². The highest BCUT2D eigenvalue weighted by molar-refractivity contribution is 5.95. The maximum Gasteiger partial charge on any atom is 0.243 e. The number of carbonyl (C=O) groups excluding carboxylic acids is 1. The molecule has 2 aromatic carbocycles. The highest BCUT2D eigenvalue weighted by Crippen LogP contribution is 2.30. The van der Waals surface area contributed by atoms with Crippen molar-refractivity contribution in [2.24, 2.45) is 0 Å². The SMILES string of the molecule is COc1ccc(NC(=O)CNc2ccccc2N2CCCCC2)c(OC)c1. The van der Waals surface area contributed by atoms with Crippen molar-refractivity contribution in [2.75, 3.05) is 49.4 Å². The molecule has 1 aliphatic heterocycles. The van der Waals surface area contributed by atoms with E-state index in [9.17, 15) is 4.79 Å². The van der Waals surface area contributed by atoms with Crippen LogP contribution in [0, 0.1) is 0 Å². The first-order valence-electron chi connectivity index (χ1n) is 9.31. The number of anilines is 3. The minimum absolute atomic E-state index is 0.132. The van der Waals surface area contributed by atoms with Gasteiger partial charge in [-0.3, -0.25) is 4.79 Å². The van der Waals surface area contributed by atoms with Crippen molar-refractivity contribution in [3.8, 4) is 11.5 Å². The summed E-state index contributed by atoms with van der Waals surface area (Å²) < 4.78 is 10.5. The number of hydrogen-bond acceptors (Lipinski definition) is 5. The summed E-state index contributed by atoms with van der Waals surface area (Å²) >= 11 is 0. The quantitative estimate of drug-likeness (QED) is 0.778. The number of nitrogens with zero attached hydrogens (tertiary/aromatic N) is 1. The van der Waals surface area contributed by atoms with Crippen molar-refractivity contribution in [3.63, 3.8) is 0 Å². The molecule has 0 saturated carbocycles. The van der Waals surface area contributed by atoms with Crippen LogP contribution < -0.4 is 25.0 Å². The first-order chi connectivity index (χ1) is 13.2. The van der Waals surface area contributed by atoms with Crippen LogP contribution in [-0.2, 0) is 4.79 Å². The van der Waals surface area contributed by atoms with E-state index in [0.29, 0.717) is 17.2 Å². The van der Waals surface area contributed by atoms with Crippen LogP contribution in [0.5, 0.6) is 11.5 Å². The number of hydrogen-bond donors (Lipinski definition) is 2. The maximum atomic E-state index is 12.4. The lowest BCUT2D eigenvalue weighted by atomic mass is 10.1. The third kappa shape index (κ3) is 4.84.